The molecule has 4 rings (SSSR count). The van der Waals surface area contributed by atoms with E-state index in [1.165, 1.54) is 12.1 Å². The fourth-order valence-corrected chi connectivity index (χ4v) is 5.01. The second-order valence-corrected chi connectivity index (χ2v) is 9.33. The molecule has 1 aliphatic rings. The zero-order valence-electron chi connectivity index (χ0n) is 21.6. The van der Waals surface area contributed by atoms with Crippen LogP contribution in [0.15, 0.2) is 72.8 Å². The molecule has 1 fully saturated rings. The summed E-state index contributed by atoms with van der Waals surface area (Å²) >= 11 is 0. The minimum atomic E-state index is -0.215. The van der Waals surface area contributed by atoms with E-state index >= 15 is 0 Å². The lowest BCUT2D eigenvalue weighted by atomic mass is 9.94. The summed E-state index contributed by atoms with van der Waals surface area (Å²) in [6.07, 6.45) is 0.690. The Kier molecular flexibility index (Phi) is 9.04. The lowest BCUT2D eigenvalue weighted by molar-refractivity contribution is -0.105. The van der Waals surface area contributed by atoms with Gasteiger partial charge in [-0.3, -0.25) is 19.4 Å². The molecule has 1 N–H and O–H groups in total. The van der Waals surface area contributed by atoms with Crippen LogP contribution in [0.2, 0.25) is 0 Å². The van der Waals surface area contributed by atoms with Gasteiger partial charge >= 0.3 is 0 Å². The first kappa shape index (κ1) is 26.5. The van der Waals surface area contributed by atoms with Crippen molar-refractivity contribution in [1.82, 2.24) is 14.7 Å². The molecule has 0 aliphatic carbocycles. The van der Waals surface area contributed by atoms with Crippen LogP contribution in [0.25, 0.3) is 0 Å². The summed E-state index contributed by atoms with van der Waals surface area (Å²) in [6, 6.07) is 22.6. The monoisotopic (exact) mass is 502 g/mol. The van der Waals surface area contributed by atoms with Crippen LogP contribution in [-0.4, -0.2) is 66.3 Å². The molecule has 0 radical (unpaired) electrons. The van der Waals surface area contributed by atoms with Gasteiger partial charge in [0.25, 0.3) is 5.91 Å². The maximum atomic E-state index is 13.3. The number of halogens is 1. The molecule has 194 valence electrons. The predicted molar refractivity (Wildman–Crippen MR) is 145 cm³/mol. The van der Waals surface area contributed by atoms with Gasteiger partial charge in [0.1, 0.15) is 5.82 Å². The average Bonchev–Trinajstić information content (AvgIpc) is 2.92. The van der Waals surface area contributed by atoms with Crippen LogP contribution in [0.4, 0.5) is 10.1 Å². The van der Waals surface area contributed by atoms with Crippen molar-refractivity contribution in [3.05, 3.63) is 101 Å². The number of carbonyl (C=O) groups is 2. The van der Waals surface area contributed by atoms with Gasteiger partial charge in [-0.2, -0.15) is 0 Å². The normalized spacial score (nSPS) is 15.2. The van der Waals surface area contributed by atoms with E-state index in [1.807, 2.05) is 73.3 Å². The summed E-state index contributed by atoms with van der Waals surface area (Å²) in [5.41, 5.74) is 4.73. The fourth-order valence-electron chi connectivity index (χ4n) is 5.01. The van der Waals surface area contributed by atoms with Crippen molar-refractivity contribution in [3.8, 4) is 0 Å². The number of nitrogens with one attached hydrogen (secondary N) is 1. The maximum absolute atomic E-state index is 13.3. The average molecular weight is 503 g/mol. The Morgan fingerprint density at radius 3 is 2.24 bits per heavy atom. The number of benzene rings is 3. The van der Waals surface area contributed by atoms with Crippen molar-refractivity contribution in [1.29, 1.82) is 0 Å². The fraction of sp³-hybridized carbons (Fsp3) is 0.333. The highest BCUT2D eigenvalue weighted by molar-refractivity contribution is 5.94. The van der Waals surface area contributed by atoms with Gasteiger partial charge in [0.15, 0.2) is 0 Å². The molecule has 0 unspecified atom stereocenters. The Bertz CT molecular complexity index is 1170. The van der Waals surface area contributed by atoms with Gasteiger partial charge in [-0.05, 0) is 66.9 Å². The Balaban J connectivity index is 1.55. The summed E-state index contributed by atoms with van der Waals surface area (Å²) in [5, 5.41) is 2.76. The minimum absolute atomic E-state index is 0.0148. The standard InChI is InChI=1S/C30H35FN4O2/c1-3-34(4-2)30(37)25-12-10-24(11-13-25)29(26-6-5-7-28(20-26)32-22-36)35-18-16-33(17-19-35)21-23-8-14-27(31)15-9-23/h5-15,20,22,29H,3-4,16-19,21H2,1-2H3,(H,32,36)/t29-/m1/s1. The largest absolute Gasteiger partial charge is 0.339 e. The van der Waals surface area contributed by atoms with E-state index in [0.717, 1.165) is 55.1 Å². The van der Waals surface area contributed by atoms with Crippen LogP contribution in [0, 0.1) is 5.82 Å². The van der Waals surface area contributed by atoms with Crippen LogP contribution in [0.5, 0.6) is 0 Å². The van der Waals surface area contributed by atoms with Gasteiger partial charge in [0.2, 0.25) is 6.41 Å². The number of rotatable bonds is 10. The van der Waals surface area contributed by atoms with Crippen molar-refractivity contribution in [2.24, 2.45) is 0 Å². The molecule has 7 heteroatoms. The van der Waals surface area contributed by atoms with Crippen LogP contribution in [0.1, 0.15) is 46.9 Å². The number of carbonyl (C=O) groups excluding carboxylic acids is 2. The van der Waals surface area contributed by atoms with E-state index in [1.54, 1.807) is 0 Å². The van der Waals surface area contributed by atoms with Gasteiger partial charge < -0.3 is 10.2 Å². The van der Waals surface area contributed by atoms with E-state index in [-0.39, 0.29) is 17.8 Å². The van der Waals surface area contributed by atoms with E-state index < -0.39 is 0 Å². The molecule has 1 heterocycles. The highest BCUT2D eigenvalue weighted by atomic mass is 19.1. The molecule has 0 saturated carbocycles. The van der Waals surface area contributed by atoms with Gasteiger partial charge in [-0.1, -0.05) is 36.4 Å². The smallest absolute Gasteiger partial charge is 0.253 e. The van der Waals surface area contributed by atoms with Crippen LogP contribution >= 0.6 is 0 Å². The third-order valence-electron chi connectivity index (χ3n) is 7.04. The van der Waals surface area contributed by atoms with Crippen molar-refractivity contribution >= 4 is 18.0 Å². The number of amides is 2. The molecule has 3 aromatic rings. The molecule has 1 saturated heterocycles. The Morgan fingerprint density at radius 1 is 0.946 bits per heavy atom. The molecule has 3 aromatic carbocycles. The van der Waals surface area contributed by atoms with Gasteiger partial charge in [-0.25, -0.2) is 4.39 Å². The number of anilines is 1. The Morgan fingerprint density at radius 2 is 1.62 bits per heavy atom. The molecule has 0 aromatic heterocycles. The van der Waals surface area contributed by atoms with E-state index in [2.05, 4.69) is 21.2 Å². The summed E-state index contributed by atoms with van der Waals surface area (Å²) in [5.74, 6) is -0.174. The minimum Gasteiger partial charge on any atom is -0.339 e. The van der Waals surface area contributed by atoms with Gasteiger partial charge in [0.05, 0.1) is 6.04 Å². The predicted octanol–water partition coefficient (Wildman–Crippen LogP) is 4.78. The van der Waals surface area contributed by atoms with Crippen molar-refractivity contribution in [2.45, 2.75) is 26.4 Å². The molecule has 6 nitrogen and oxygen atoms in total. The first-order valence-corrected chi connectivity index (χ1v) is 12.9. The lowest BCUT2D eigenvalue weighted by Gasteiger charge is -2.40. The van der Waals surface area contributed by atoms with Crippen molar-refractivity contribution in [3.63, 3.8) is 0 Å². The summed E-state index contributed by atoms with van der Waals surface area (Å²) in [4.78, 5) is 30.5. The summed E-state index contributed by atoms with van der Waals surface area (Å²) < 4.78 is 13.3. The topological polar surface area (TPSA) is 55.9 Å². The Hall–Kier alpha value is -3.55. The van der Waals surface area contributed by atoms with Gasteiger partial charge in [-0.15, -0.1) is 0 Å². The molecule has 2 amide bonds. The number of piperazine rings is 1. The van der Waals surface area contributed by atoms with Gasteiger partial charge in [0, 0.05) is 57.1 Å². The quantitative estimate of drug-likeness (QED) is 0.406. The van der Waals surface area contributed by atoms with E-state index in [0.29, 0.717) is 25.1 Å². The highest BCUT2D eigenvalue weighted by Crippen LogP contribution is 2.31. The number of hydrogen-bond acceptors (Lipinski definition) is 4. The second-order valence-electron chi connectivity index (χ2n) is 9.33. The third-order valence-corrected chi connectivity index (χ3v) is 7.04. The lowest BCUT2D eigenvalue weighted by Crippen LogP contribution is -2.47. The van der Waals surface area contributed by atoms with E-state index in [9.17, 15) is 14.0 Å². The van der Waals surface area contributed by atoms with Crippen LogP contribution in [-0.2, 0) is 11.3 Å². The third kappa shape index (κ3) is 6.61. The first-order valence-electron chi connectivity index (χ1n) is 12.9. The van der Waals surface area contributed by atoms with Crippen molar-refractivity contribution in [2.75, 3.05) is 44.6 Å². The molecular weight excluding hydrogens is 467 g/mol. The number of nitrogens with zero attached hydrogens (tertiary/aromatic N) is 3. The zero-order chi connectivity index (χ0) is 26.2. The van der Waals surface area contributed by atoms with Crippen LogP contribution < -0.4 is 5.32 Å². The Labute approximate surface area is 218 Å². The number of hydrogen-bond donors (Lipinski definition) is 1. The molecule has 1 atom stereocenters. The second kappa shape index (κ2) is 12.6. The first-order chi connectivity index (χ1) is 18.0. The van der Waals surface area contributed by atoms with Crippen LogP contribution in [0.3, 0.4) is 0 Å². The van der Waals surface area contributed by atoms with E-state index in [4.69, 9.17) is 0 Å². The van der Waals surface area contributed by atoms with Crippen molar-refractivity contribution < 1.29 is 14.0 Å². The molecule has 37 heavy (non-hydrogen) atoms. The summed E-state index contributed by atoms with van der Waals surface area (Å²) in [6.45, 7) is 9.62. The molecule has 0 bridgehead atoms. The maximum Gasteiger partial charge on any atom is 0.253 e. The highest BCUT2D eigenvalue weighted by Gasteiger charge is 2.27. The molecule has 1 aliphatic heterocycles. The zero-order valence-corrected chi connectivity index (χ0v) is 21.6. The molecule has 0 spiro atoms. The summed E-state index contributed by atoms with van der Waals surface area (Å²) in [7, 11) is 0. The SMILES string of the molecule is CCN(CC)C(=O)c1ccc([C@H](c2cccc(NC=O)c2)N2CCN(Cc3ccc(F)cc3)CC2)cc1. The molecular formula is C30H35FN4O2.